The molecule has 0 atom stereocenters. The topological polar surface area (TPSA) is 89.3 Å². The van der Waals surface area contributed by atoms with Gasteiger partial charge in [-0.1, -0.05) is 24.3 Å². The molecule has 3 rings (SSSR count). The van der Waals surface area contributed by atoms with Crippen molar-refractivity contribution in [3.05, 3.63) is 72.2 Å². The van der Waals surface area contributed by atoms with Crippen LogP contribution in [-0.4, -0.2) is 58.3 Å². The lowest BCUT2D eigenvalue weighted by molar-refractivity contribution is -0.117. The van der Waals surface area contributed by atoms with Crippen molar-refractivity contribution in [3.8, 4) is 5.69 Å². The smallest absolute Gasteiger partial charge is 0.343 e. The normalized spacial score (nSPS) is 10.8. The Bertz CT molecular complexity index is 973. The number of carbonyl (C=O) groups is 2. The van der Waals surface area contributed by atoms with E-state index < -0.39 is 5.97 Å². The molecule has 156 valence electrons. The highest BCUT2D eigenvalue weighted by Gasteiger charge is 2.22. The van der Waals surface area contributed by atoms with E-state index in [1.165, 1.54) is 10.9 Å². The second-order valence-corrected chi connectivity index (χ2v) is 6.73. The first-order valence-corrected chi connectivity index (χ1v) is 9.77. The molecule has 8 heteroatoms. The zero-order valence-corrected chi connectivity index (χ0v) is 17.1. The molecule has 0 fully saturated rings. The Morgan fingerprint density at radius 2 is 1.90 bits per heavy atom. The van der Waals surface area contributed by atoms with E-state index in [0.717, 1.165) is 17.8 Å². The zero-order valence-electron chi connectivity index (χ0n) is 17.1. The molecular formula is C22H25N5O3. The summed E-state index contributed by atoms with van der Waals surface area (Å²) in [5.74, 6) is -0.483. The number of hydrogen-bond donors (Lipinski definition) is 1. The molecule has 0 radical (unpaired) electrons. The quantitative estimate of drug-likeness (QED) is 0.549. The van der Waals surface area contributed by atoms with Crippen molar-refractivity contribution in [2.24, 2.45) is 0 Å². The van der Waals surface area contributed by atoms with Gasteiger partial charge in [-0.25, -0.2) is 9.48 Å². The molecule has 0 aliphatic heterocycles. The highest BCUT2D eigenvalue weighted by Crippen LogP contribution is 2.21. The number of nitrogens with zero attached hydrogens (tertiary/aromatic N) is 4. The fourth-order valence-electron chi connectivity index (χ4n) is 2.94. The predicted octanol–water partition coefficient (Wildman–Crippen LogP) is 2.56. The van der Waals surface area contributed by atoms with Crippen LogP contribution < -0.4 is 5.32 Å². The van der Waals surface area contributed by atoms with E-state index in [1.54, 1.807) is 13.1 Å². The monoisotopic (exact) mass is 407 g/mol. The Hall–Kier alpha value is -3.52. The molecule has 1 N–H and O–H groups in total. The lowest BCUT2D eigenvalue weighted by atomic mass is 10.2. The van der Waals surface area contributed by atoms with Crippen LogP contribution in [-0.2, 0) is 16.0 Å². The summed E-state index contributed by atoms with van der Waals surface area (Å²) in [5, 5.41) is 7.11. The van der Waals surface area contributed by atoms with Crippen molar-refractivity contribution >= 4 is 17.7 Å². The Kier molecular flexibility index (Phi) is 7.29. The van der Waals surface area contributed by atoms with Crippen molar-refractivity contribution in [2.45, 2.75) is 13.3 Å². The highest BCUT2D eigenvalue weighted by molar-refractivity contribution is 6.01. The first-order valence-electron chi connectivity index (χ1n) is 9.77. The van der Waals surface area contributed by atoms with Gasteiger partial charge in [0.05, 0.1) is 25.0 Å². The van der Waals surface area contributed by atoms with Crippen LogP contribution in [0.5, 0.6) is 0 Å². The summed E-state index contributed by atoms with van der Waals surface area (Å²) < 4.78 is 6.63. The summed E-state index contributed by atoms with van der Waals surface area (Å²) in [4.78, 5) is 31.2. The van der Waals surface area contributed by atoms with E-state index in [9.17, 15) is 9.59 Å². The Labute approximate surface area is 175 Å². The van der Waals surface area contributed by atoms with Gasteiger partial charge in [-0.3, -0.25) is 14.7 Å². The number of ether oxygens (including phenoxy) is 1. The maximum Gasteiger partial charge on any atom is 0.343 e. The number of nitrogens with one attached hydrogen (secondary N) is 1. The maximum absolute atomic E-state index is 12.7. The van der Waals surface area contributed by atoms with E-state index in [2.05, 4.69) is 15.4 Å². The van der Waals surface area contributed by atoms with Gasteiger partial charge in [-0.05, 0) is 38.2 Å². The second-order valence-electron chi connectivity index (χ2n) is 6.73. The third-order valence-electron chi connectivity index (χ3n) is 4.41. The lowest BCUT2D eigenvalue weighted by Gasteiger charge is -2.17. The molecule has 2 aromatic heterocycles. The third-order valence-corrected chi connectivity index (χ3v) is 4.41. The number of rotatable bonds is 9. The van der Waals surface area contributed by atoms with Gasteiger partial charge in [0, 0.05) is 24.9 Å². The van der Waals surface area contributed by atoms with Gasteiger partial charge in [-0.2, -0.15) is 5.10 Å². The molecule has 0 aliphatic rings. The molecule has 0 unspecified atom stereocenters. The summed E-state index contributed by atoms with van der Waals surface area (Å²) in [6.07, 6.45) is 3.90. The minimum Gasteiger partial charge on any atom is -0.462 e. The van der Waals surface area contributed by atoms with Gasteiger partial charge < -0.3 is 10.1 Å². The van der Waals surface area contributed by atoms with Crippen LogP contribution in [0.25, 0.3) is 5.69 Å². The fraction of sp³-hybridized carbons (Fsp3) is 0.273. The van der Waals surface area contributed by atoms with E-state index in [-0.39, 0.29) is 24.6 Å². The molecule has 1 aromatic carbocycles. The van der Waals surface area contributed by atoms with Gasteiger partial charge in [0.25, 0.3) is 0 Å². The Balaban J connectivity index is 1.71. The van der Waals surface area contributed by atoms with Gasteiger partial charge >= 0.3 is 5.97 Å². The summed E-state index contributed by atoms with van der Waals surface area (Å²) in [6.45, 7) is 2.80. The molecule has 0 bridgehead atoms. The molecule has 2 heterocycles. The first kappa shape index (κ1) is 21.2. The number of pyridine rings is 1. The summed E-state index contributed by atoms with van der Waals surface area (Å²) in [7, 11) is 1.86. The highest BCUT2D eigenvalue weighted by atomic mass is 16.5. The van der Waals surface area contributed by atoms with E-state index in [4.69, 9.17) is 4.74 Å². The predicted molar refractivity (Wildman–Crippen MR) is 114 cm³/mol. The molecule has 30 heavy (non-hydrogen) atoms. The van der Waals surface area contributed by atoms with Crippen LogP contribution in [0.1, 0.15) is 23.0 Å². The zero-order chi connectivity index (χ0) is 21.3. The summed E-state index contributed by atoms with van der Waals surface area (Å²) in [5.41, 5.74) is 1.91. The molecule has 3 aromatic rings. The fourth-order valence-corrected chi connectivity index (χ4v) is 2.94. The number of para-hydroxylation sites is 1. The molecule has 0 saturated carbocycles. The molecular weight excluding hydrogens is 382 g/mol. The van der Waals surface area contributed by atoms with Crippen molar-refractivity contribution in [1.82, 2.24) is 19.7 Å². The van der Waals surface area contributed by atoms with Gasteiger partial charge in [0.2, 0.25) is 5.91 Å². The van der Waals surface area contributed by atoms with Gasteiger partial charge in [0.15, 0.2) is 5.82 Å². The third kappa shape index (κ3) is 5.51. The van der Waals surface area contributed by atoms with E-state index in [0.29, 0.717) is 12.4 Å². The van der Waals surface area contributed by atoms with Crippen molar-refractivity contribution in [2.75, 3.05) is 32.1 Å². The number of hydrogen-bond acceptors (Lipinski definition) is 6. The molecule has 0 spiro atoms. The number of carbonyl (C=O) groups excluding carboxylic acids is 2. The van der Waals surface area contributed by atoms with Crippen LogP contribution in [0.3, 0.4) is 0 Å². The molecule has 8 nitrogen and oxygen atoms in total. The largest absolute Gasteiger partial charge is 0.462 e. The number of anilines is 1. The maximum atomic E-state index is 12.7. The van der Waals surface area contributed by atoms with Crippen LogP contribution in [0.4, 0.5) is 5.82 Å². The van der Waals surface area contributed by atoms with Gasteiger partial charge in [0.1, 0.15) is 5.56 Å². The Morgan fingerprint density at radius 3 is 2.60 bits per heavy atom. The average Bonchev–Trinajstić information content (AvgIpc) is 3.17. The average molecular weight is 407 g/mol. The van der Waals surface area contributed by atoms with Gasteiger partial charge in [-0.15, -0.1) is 0 Å². The van der Waals surface area contributed by atoms with Crippen LogP contribution >= 0.6 is 0 Å². The standard InChI is InChI=1S/C22H25N5O3/c1-3-30-22(29)19-15-24-27(18-10-5-4-6-11-18)21(19)25-20(28)16-26(2)14-12-17-9-7-8-13-23-17/h4-11,13,15H,3,12,14,16H2,1-2H3,(H,25,28). The van der Waals surface area contributed by atoms with E-state index in [1.807, 2.05) is 60.5 Å². The minimum absolute atomic E-state index is 0.162. The number of aromatic nitrogens is 3. The first-order chi connectivity index (χ1) is 14.6. The van der Waals surface area contributed by atoms with Crippen LogP contribution in [0.2, 0.25) is 0 Å². The van der Waals surface area contributed by atoms with Crippen LogP contribution in [0.15, 0.2) is 60.9 Å². The van der Waals surface area contributed by atoms with Crippen molar-refractivity contribution in [3.63, 3.8) is 0 Å². The van der Waals surface area contributed by atoms with Crippen molar-refractivity contribution < 1.29 is 14.3 Å². The van der Waals surface area contributed by atoms with Crippen LogP contribution in [0, 0.1) is 0 Å². The number of esters is 1. The molecule has 0 aliphatic carbocycles. The SMILES string of the molecule is CCOC(=O)c1cnn(-c2ccccc2)c1NC(=O)CN(C)CCc1ccccn1. The van der Waals surface area contributed by atoms with Crippen molar-refractivity contribution in [1.29, 1.82) is 0 Å². The summed E-state index contributed by atoms with van der Waals surface area (Å²) >= 11 is 0. The van der Waals surface area contributed by atoms with E-state index >= 15 is 0 Å². The number of likely N-dealkylation sites (N-methyl/N-ethyl adjacent to an activating group) is 1. The molecule has 1 amide bonds. The molecule has 0 saturated heterocycles. The summed E-state index contributed by atoms with van der Waals surface area (Å²) in [6, 6.07) is 15.1. The number of amides is 1. The minimum atomic E-state index is -0.529. The Morgan fingerprint density at radius 1 is 1.13 bits per heavy atom. The second kappa shape index (κ2) is 10.3. The number of benzene rings is 1. The lowest BCUT2D eigenvalue weighted by Crippen LogP contribution is -2.32.